The first-order valence-electron chi connectivity index (χ1n) is 12.4. The minimum atomic E-state index is -2.75. The second kappa shape index (κ2) is 12.3. The Morgan fingerprint density at radius 2 is 1.95 bits per heavy atom. The molecule has 0 aliphatic carbocycles. The number of hydrogen-bond donors (Lipinski definition) is 1. The highest BCUT2D eigenvalue weighted by molar-refractivity contribution is 7.09. The molecular weight excluding hydrogens is 551 g/mol. The summed E-state index contributed by atoms with van der Waals surface area (Å²) in [5.41, 5.74) is 1.61. The summed E-state index contributed by atoms with van der Waals surface area (Å²) in [6.07, 6.45) is 2.15. The Morgan fingerprint density at radius 3 is 2.72 bits per heavy atom. The number of amides is 1. The van der Waals surface area contributed by atoms with Gasteiger partial charge in [-0.3, -0.25) is 14.7 Å². The maximum absolute atomic E-state index is 14.3. The van der Waals surface area contributed by atoms with Gasteiger partial charge in [-0.1, -0.05) is 17.7 Å². The average molecular weight is 576 g/mol. The molecule has 0 spiro atoms. The normalized spacial score (nSPS) is 15.5. The zero-order valence-electron chi connectivity index (χ0n) is 20.7. The van der Waals surface area contributed by atoms with Gasteiger partial charge < -0.3 is 10.1 Å². The van der Waals surface area contributed by atoms with Crippen LogP contribution in [0, 0.1) is 11.7 Å². The molecule has 1 aliphatic rings. The number of halogens is 4. The van der Waals surface area contributed by atoms with Gasteiger partial charge >= 0.3 is 0 Å². The van der Waals surface area contributed by atoms with E-state index in [1.165, 1.54) is 17.6 Å². The van der Waals surface area contributed by atoms with Crippen molar-refractivity contribution in [3.63, 3.8) is 0 Å². The second-order valence-electron chi connectivity index (χ2n) is 9.20. The monoisotopic (exact) mass is 575 g/mol. The van der Waals surface area contributed by atoms with Gasteiger partial charge in [0.05, 0.1) is 44.5 Å². The SMILES string of the molecule is O=C(NCC(c1scnc1C(F)F)N1CCC(COc2nccc3ncccc23)CC1)c1c(F)cccc1Cl. The molecule has 1 fully saturated rings. The van der Waals surface area contributed by atoms with Crippen molar-refractivity contribution in [1.82, 2.24) is 25.2 Å². The van der Waals surface area contributed by atoms with Gasteiger partial charge in [0.15, 0.2) is 0 Å². The van der Waals surface area contributed by atoms with E-state index in [9.17, 15) is 18.0 Å². The van der Waals surface area contributed by atoms with Gasteiger partial charge in [-0.15, -0.1) is 11.3 Å². The van der Waals surface area contributed by atoms with Crippen molar-refractivity contribution < 1.29 is 22.7 Å². The van der Waals surface area contributed by atoms with E-state index in [1.54, 1.807) is 12.4 Å². The molecule has 0 bridgehead atoms. The van der Waals surface area contributed by atoms with E-state index in [0.717, 1.165) is 41.1 Å². The molecule has 1 unspecified atom stereocenters. The number of pyridine rings is 2. The molecule has 0 saturated carbocycles. The maximum Gasteiger partial charge on any atom is 0.281 e. The van der Waals surface area contributed by atoms with Crippen LogP contribution >= 0.6 is 22.9 Å². The van der Waals surface area contributed by atoms with Crippen LogP contribution in [0.5, 0.6) is 5.88 Å². The molecule has 3 aromatic heterocycles. The lowest BCUT2D eigenvalue weighted by molar-refractivity contribution is 0.0868. The maximum atomic E-state index is 14.3. The summed E-state index contributed by atoms with van der Waals surface area (Å²) in [6.45, 7) is 1.66. The molecule has 1 atom stereocenters. The molecule has 39 heavy (non-hydrogen) atoms. The summed E-state index contributed by atoms with van der Waals surface area (Å²) in [7, 11) is 0. The van der Waals surface area contributed by atoms with Crippen LogP contribution in [0.3, 0.4) is 0 Å². The lowest BCUT2D eigenvalue weighted by Crippen LogP contribution is -2.43. The Morgan fingerprint density at radius 1 is 1.13 bits per heavy atom. The second-order valence-corrected chi connectivity index (χ2v) is 10.5. The van der Waals surface area contributed by atoms with Crippen LogP contribution in [0.25, 0.3) is 10.9 Å². The van der Waals surface area contributed by atoms with Crippen molar-refractivity contribution in [3.8, 4) is 5.88 Å². The third kappa shape index (κ3) is 6.15. The predicted octanol–water partition coefficient (Wildman–Crippen LogP) is 6.08. The van der Waals surface area contributed by atoms with Crippen LogP contribution in [-0.4, -0.2) is 52.0 Å². The van der Waals surface area contributed by atoms with E-state index >= 15 is 0 Å². The largest absolute Gasteiger partial charge is 0.477 e. The molecule has 1 N–H and O–H groups in total. The Balaban J connectivity index is 1.26. The molecule has 4 aromatic rings. The lowest BCUT2D eigenvalue weighted by Gasteiger charge is -2.37. The number of benzene rings is 1. The van der Waals surface area contributed by atoms with E-state index in [2.05, 4.69) is 25.2 Å². The Kier molecular flexibility index (Phi) is 8.59. The highest BCUT2D eigenvalue weighted by Gasteiger charge is 2.32. The van der Waals surface area contributed by atoms with Gasteiger partial charge in [-0.05, 0) is 62.2 Å². The molecular formula is C27H25ClF3N5O2S. The fourth-order valence-corrected chi connectivity index (χ4v) is 5.96. The van der Waals surface area contributed by atoms with Crippen LogP contribution in [0.15, 0.2) is 54.3 Å². The molecule has 1 aromatic carbocycles. The van der Waals surface area contributed by atoms with Crippen molar-refractivity contribution in [2.45, 2.75) is 25.3 Å². The van der Waals surface area contributed by atoms with Crippen LogP contribution < -0.4 is 10.1 Å². The fourth-order valence-electron chi connectivity index (χ4n) is 4.78. The van der Waals surface area contributed by atoms with Crippen LogP contribution in [-0.2, 0) is 0 Å². The van der Waals surface area contributed by atoms with Gasteiger partial charge in [0.1, 0.15) is 11.5 Å². The standard InChI is InChI=1S/C27H25ClF3N5O2S/c28-18-4-1-5-19(29)22(18)26(37)34-13-21(24-23(25(30)31)35-15-39-24)36-11-7-16(8-12-36)14-38-27-17-3-2-9-32-20(17)6-10-33-27/h1-6,9-10,15-16,21,25H,7-8,11-14H2,(H,34,37). The number of rotatable bonds is 9. The summed E-state index contributed by atoms with van der Waals surface area (Å²) >= 11 is 7.16. The molecule has 5 rings (SSSR count). The number of piperidine rings is 1. The summed E-state index contributed by atoms with van der Waals surface area (Å²) in [5, 5.41) is 3.52. The lowest BCUT2D eigenvalue weighted by atomic mass is 9.96. The van der Waals surface area contributed by atoms with E-state index in [-0.39, 0.29) is 28.7 Å². The van der Waals surface area contributed by atoms with Crippen LogP contribution in [0.1, 0.15) is 46.2 Å². The number of nitrogens with one attached hydrogen (secondary N) is 1. The number of thiazole rings is 1. The Bertz CT molecular complexity index is 1420. The Labute approximate surface area is 232 Å². The first-order chi connectivity index (χ1) is 18.9. The summed E-state index contributed by atoms with van der Waals surface area (Å²) in [4.78, 5) is 27.8. The van der Waals surface area contributed by atoms with Gasteiger partial charge in [0.25, 0.3) is 12.3 Å². The van der Waals surface area contributed by atoms with Crippen LogP contribution in [0.4, 0.5) is 13.2 Å². The molecule has 1 saturated heterocycles. The first kappa shape index (κ1) is 27.3. The number of aromatic nitrogens is 3. The minimum absolute atomic E-state index is 0.000495. The highest BCUT2D eigenvalue weighted by Crippen LogP contribution is 2.35. The number of hydrogen-bond acceptors (Lipinski definition) is 7. The molecule has 1 aliphatic heterocycles. The van der Waals surface area contributed by atoms with Crippen molar-refractivity contribution >= 4 is 39.7 Å². The third-order valence-corrected chi connectivity index (χ3v) is 8.08. The number of alkyl halides is 2. The molecule has 12 heteroatoms. The minimum Gasteiger partial charge on any atom is -0.477 e. The topological polar surface area (TPSA) is 80.2 Å². The number of fused-ring (bicyclic) bond motifs is 1. The smallest absolute Gasteiger partial charge is 0.281 e. The molecule has 204 valence electrons. The van der Waals surface area contributed by atoms with Crippen molar-refractivity contribution in [2.24, 2.45) is 5.92 Å². The van der Waals surface area contributed by atoms with E-state index in [0.29, 0.717) is 30.5 Å². The number of ether oxygens (including phenoxy) is 1. The number of carbonyl (C=O) groups is 1. The average Bonchev–Trinajstić information content (AvgIpc) is 3.43. The van der Waals surface area contributed by atoms with Crippen molar-refractivity contribution in [3.05, 3.63) is 81.3 Å². The molecule has 1 amide bonds. The van der Waals surface area contributed by atoms with Gasteiger partial charge in [0, 0.05) is 18.9 Å². The van der Waals surface area contributed by atoms with Crippen LogP contribution in [0.2, 0.25) is 5.02 Å². The number of likely N-dealkylation sites (tertiary alicyclic amines) is 1. The summed E-state index contributed by atoms with van der Waals surface area (Å²) in [6, 6.07) is 9.00. The number of nitrogens with zero attached hydrogens (tertiary/aromatic N) is 4. The van der Waals surface area contributed by atoms with Gasteiger partial charge in [-0.25, -0.2) is 23.1 Å². The predicted molar refractivity (Wildman–Crippen MR) is 143 cm³/mol. The Hall–Kier alpha value is -3.28. The third-order valence-electron chi connectivity index (χ3n) is 6.82. The fraction of sp³-hybridized carbons (Fsp3) is 0.333. The van der Waals surface area contributed by atoms with E-state index in [1.807, 2.05) is 18.2 Å². The number of carbonyl (C=O) groups excluding carboxylic acids is 1. The van der Waals surface area contributed by atoms with E-state index in [4.69, 9.17) is 16.3 Å². The van der Waals surface area contributed by atoms with Gasteiger partial charge in [0.2, 0.25) is 5.88 Å². The summed E-state index contributed by atoms with van der Waals surface area (Å²) < 4.78 is 47.8. The van der Waals surface area contributed by atoms with E-state index < -0.39 is 24.2 Å². The van der Waals surface area contributed by atoms with Gasteiger partial charge in [-0.2, -0.15) is 0 Å². The molecule has 4 heterocycles. The van der Waals surface area contributed by atoms with Crippen molar-refractivity contribution in [1.29, 1.82) is 0 Å². The first-order valence-corrected chi connectivity index (χ1v) is 13.7. The highest BCUT2D eigenvalue weighted by atomic mass is 35.5. The van der Waals surface area contributed by atoms with Crippen molar-refractivity contribution in [2.75, 3.05) is 26.2 Å². The summed E-state index contributed by atoms with van der Waals surface area (Å²) in [5.74, 6) is -0.688. The zero-order chi connectivity index (χ0) is 27.4. The molecule has 0 radical (unpaired) electrons. The zero-order valence-corrected chi connectivity index (χ0v) is 22.3. The molecule has 7 nitrogen and oxygen atoms in total. The quantitative estimate of drug-likeness (QED) is 0.261.